The second-order valence-electron chi connectivity index (χ2n) is 5.74. The van der Waals surface area contributed by atoms with Crippen molar-refractivity contribution in [1.82, 2.24) is 15.3 Å². The molecule has 0 aliphatic rings. The van der Waals surface area contributed by atoms with E-state index in [4.69, 9.17) is 0 Å². The minimum atomic E-state index is 0.0752. The van der Waals surface area contributed by atoms with Gasteiger partial charge in [-0.3, -0.25) is 4.79 Å². The minimum Gasteiger partial charge on any atom is -0.354 e. The molecule has 0 bridgehead atoms. The van der Waals surface area contributed by atoms with Crippen LogP contribution in [0.15, 0.2) is 30.3 Å². The summed E-state index contributed by atoms with van der Waals surface area (Å²) in [6.45, 7) is 7.11. The number of anilines is 3. The molecule has 6 heteroatoms. The normalized spacial score (nSPS) is 10.3. The number of nitrogens with zero attached hydrogens (tertiary/aromatic N) is 2. The van der Waals surface area contributed by atoms with Crippen molar-refractivity contribution in [1.29, 1.82) is 0 Å². The third-order valence-electron chi connectivity index (χ3n) is 3.39. The number of aryl methyl sites for hydroxylation is 2. The number of carbonyl (C=O) groups excluding carboxylic acids is 1. The number of rotatable bonds is 8. The average Bonchev–Trinajstić information content (AvgIpc) is 2.54. The average molecular weight is 327 g/mol. The third-order valence-corrected chi connectivity index (χ3v) is 3.39. The van der Waals surface area contributed by atoms with Gasteiger partial charge < -0.3 is 16.0 Å². The monoisotopic (exact) mass is 327 g/mol. The summed E-state index contributed by atoms with van der Waals surface area (Å²) in [6.07, 6.45) is 1.42. The molecular weight excluding hydrogens is 302 g/mol. The molecule has 0 aliphatic carbocycles. The van der Waals surface area contributed by atoms with E-state index in [9.17, 15) is 4.79 Å². The quantitative estimate of drug-likeness (QED) is 0.649. The summed E-state index contributed by atoms with van der Waals surface area (Å²) < 4.78 is 0. The maximum absolute atomic E-state index is 11.4. The van der Waals surface area contributed by atoms with Gasteiger partial charge in [-0.05, 0) is 32.4 Å². The van der Waals surface area contributed by atoms with Crippen LogP contribution in [-0.2, 0) is 4.79 Å². The summed E-state index contributed by atoms with van der Waals surface area (Å²) in [5.41, 5.74) is 3.07. The molecule has 0 radical (unpaired) electrons. The van der Waals surface area contributed by atoms with Crippen molar-refractivity contribution >= 4 is 23.4 Å². The molecule has 0 saturated heterocycles. The van der Waals surface area contributed by atoms with E-state index in [0.717, 1.165) is 23.6 Å². The van der Waals surface area contributed by atoms with Crippen LogP contribution in [0.3, 0.4) is 0 Å². The van der Waals surface area contributed by atoms with Crippen molar-refractivity contribution in [3.63, 3.8) is 0 Å². The van der Waals surface area contributed by atoms with Gasteiger partial charge in [-0.1, -0.05) is 24.6 Å². The van der Waals surface area contributed by atoms with E-state index >= 15 is 0 Å². The Bertz CT molecular complexity index is 670. The molecule has 0 aliphatic heterocycles. The molecule has 1 aromatic heterocycles. The van der Waals surface area contributed by atoms with Crippen molar-refractivity contribution < 1.29 is 4.79 Å². The van der Waals surface area contributed by atoms with E-state index in [2.05, 4.69) is 45.0 Å². The van der Waals surface area contributed by atoms with Gasteiger partial charge in [0.1, 0.15) is 5.82 Å². The van der Waals surface area contributed by atoms with E-state index in [-0.39, 0.29) is 5.91 Å². The fourth-order valence-electron chi connectivity index (χ4n) is 2.19. The summed E-state index contributed by atoms with van der Waals surface area (Å²) in [4.78, 5) is 20.2. The van der Waals surface area contributed by atoms with Crippen molar-refractivity contribution in [2.45, 2.75) is 33.6 Å². The van der Waals surface area contributed by atoms with Gasteiger partial charge in [0, 0.05) is 37.0 Å². The van der Waals surface area contributed by atoms with Gasteiger partial charge >= 0.3 is 0 Å². The lowest BCUT2D eigenvalue weighted by Crippen LogP contribution is -2.28. The van der Waals surface area contributed by atoms with Crippen molar-refractivity contribution in [3.05, 3.63) is 41.6 Å². The number of amides is 1. The van der Waals surface area contributed by atoms with Crippen molar-refractivity contribution in [2.75, 3.05) is 23.7 Å². The molecule has 6 nitrogen and oxygen atoms in total. The summed E-state index contributed by atoms with van der Waals surface area (Å²) in [7, 11) is 0. The Hall–Kier alpha value is -2.63. The van der Waals surface area contributed by atoms with Gasteiger partial charge in [0.25, 0.3) is 0 Å². The zero-order valence-corrected chi connectivity index (χ0v) is 14.5. The first kappa shape index (κ1) is 17.7. The number of carbonyl (C=O) groups is 1. The summed E-state index contributed by atoms with van der Waals surface area (Å²) in [5.74, 6) is 1.37. The Labute approximate surface area is 143 Å². The maximum atomic E-state index is 11.4. The van der Waals surface area contributed by atoms with Crippen LogP contribution in [0.25, 0.3) is 0 Å². The highest BCUT2D eigenvalue weighted by Gasteiger charge is 2.03. The largest absolute Gasteiger partial charge is 0.354 e. The number of nitrogens with one attached hydrogen (secondary N) is 3. The molecular formula is C18H25N5O. The molecule has 128 valence electrons. The maximum Gasteiger partial charge on any atom is 0.224 e. The lowest BCUT2D eigenvalue weighted by molar-refractivity contribution is -0.121. The number of hydrogen-bond acceptors (Lipinski definition) is 5. The van der Waals surface area contributed by atoms with Crippen LogP contribution in [0.2, 0.25) is 0 Å². The number of aromatic nitrogens is 2. The predicted octanol–water partition coefficient (Wildman–Crippen LogP) is 3.17. The fraction of sp³-hybridized carbons (Fsp3) is 0.389. The van der Waals surface area contributed by atoms with Gasteiger partial charge in [-0.25, -0.2) is 4.98 Å². The highest BCUT2D eigenvalue weighted by molar-refractivity contribution is 5.75. The second-order valence-corrected chi connectivity index (χ2v) is 5.74. The molecule has 24 heavy (non-hydrogen) atoms. The van der Waals surface area contributed by atoms with Gasteiger partial charge in [-0.15, -0.1) is 0 Å². The fourth-order valence-corrected chi connectivity index (χ4v) is 2.19. The standard InChI is InChI=1S/C18H25N5O/c1-4-5-17(24)19-10-11-20-18-21-14(3)12-16(23-18)22-15-8-6-13(2)7-9-15/h6-9,12H,4-5,10-11H2,1-3H3,(H,19,24)(H2,20,21,22,23). The van der Waals surface area contributed by atoms with Crippen LogP contribution in [0.5, 0.6) is 0 Å². The number of hydrogen-bond donors (Lipinski definition) is 3. The van der Waals surface area contributed by atoms with Gasteiger partial charge in [-0.2, -0.15) is 4.98 Å². The molecule has 0 spiro atoms. The minimum absolute atomic E-state index is 0.0752. The molecule has 0 fully saturated rings. The van der Waals surface area contributed by atoms with Gasteiger partial charge in [0.05, 0.1) is 0 Å². The molecule has 1 heterocycles. The van der Waals surface area contributed by atoms with Crippen LogP contribution in [0.1, 0.15) is 31.0 Å². The first-order valence-electron chi connectivity index (χ1n) is 8.27. The molecule has 1 amide bonds. The summed E-state index contributed by atoms with van der Waals surface area (Å²) in [6, 6.07) is 10.0. The van der Waals surface area contributed by atoms with E-state index in [1.165, 1.54) is 5.56 Å². The molecule has 1 aromatic carbocycles. The second kappa shape index (κ2) is 8.86. The summed E-state index contributed by atoms with van der Waals surface area (Å²) in [5, 5.41) is 9.27. The Kier molecular flexibility index (Phi) is 6.54. The third kappa shape index (κ3) is 5.87. The van der Waals surface area contributed by atoms with Crippen molar-refractivity contribution in [2.24, 2.45) is 0 Å². The molecule has 0 unspecified atom stereocenters. The zero-order chi connectivity index (χ0) is 17.4. The van der Waals surface area contributed by atoms with Crippen molar-refractivity contribution in [3.8, 4) is 0 Å². The Morgan fingerprint density at radius 2 is 1.83 bits per heavy atom. The smallest absolute Gasteiger partial charge is 0.224 e. The van der Waals surface area contributed by atoms with Crippen LogP contribution < -0.4 is 16.0 Å². The highest BCUT2D eigenvalue weighted by Crippen LogP contribution is 2.17. The molecule has 2 rings (SSSR count). The topological polar surface area (TPSA) is 78.9 Å². The van der Waals surface area contributed by atoms with Crippen LogP contribution in [-0.4, -0.2) is 29.0 Å². The molecule has 3 N–H and O–H groups in total. The molecule has 2 aromatic rings. The predicted molar refractivity (Wildman–Crippen MR) is 97.6 cm³/mol. The van der Waals surface area contributed by atoms with E-state index in [0.29, 0.717) is 25.5 Å². The molecule has 0 saturated carbocycles. The first-order valence-corrected chi connectivity index (χ1v) is 8.27. The van der Waals surface area contributed by atoms with Crippen LogP contribution in [0, 0.1) is 13.8 Å². The van der Waals surface area contributed by atoms with Crippen LogP contribution >= 0.6 is 0 Å². The zero-order valence-electron chi connectivity index (χ0n) is 14.5. The molecule has 0 atom stereocenters. The Morgan fingerprint density at radius 1 is 1.08 bits per heavy atom. The van der Waals surface area contributed by atoms with Crippen LogP contribution in [0.4, 0.5) is 17.5 Å². The SMILES string of the molecule is CCCC(=O)NCCNc1nc(C)cc(Nc2ccc(C)cc2)n1. The Morgan fingerprint density at radius 3 is 2.54 bits per heavy atom. The number of benzene rings is 1. The highest BCUT2D eigenvalue weighted by atomic mass is 16.1. The lowest BCUT2D eigenvalue weighted by atomic mass is 10.2. The van der Waals surface area contributed by atoms with E-state index in [1.807, 2.05) is 32.0 Å². The summed E-state index contributed by atoms with van der Waals surface area (Å²) >= 11 is 0. The lowest BCUT2D eigenvalue weighted by Gasteiger charge is -2.10. The van der Waals surface area contributed by atoms with Gasteiger partial charge in [0.2, 0.25) is 11.9 Å². The first-order chi connectivity index (χ1) is 11.6. The van der Waals surface area contributed by atoms with E-state index < -0.39 is 0 Å². The van der Waals surface area contributed by atoms with E-state index in [1.54, 1.807) is 0 Å². The Balaban J connectivity index is 1.90. The van der Waals surface area contributed by atoms with Gasteiger partial charge in [0.15, 0.2) is 0 Å².